The Bertz CT molecular complexity index is 1250. The van der Waals surface area contributed by atoms with E-state index in [-0.39, 0.29) is 30.4 Å². The summed E-state index contributed by atoms with van der Waals surface area (Å²) in [7, 11) is 1.59. The smallest absolute Gasteiger partial charge is 0.270 e. The Balaban J connectivity index is 1.35. The van der Waals surface area contributed by atoms with Gasteiger partial charge in [0.25, 0.3) is 5.91 Å². The maximum absolute atomic E-state index is 13.2. The number of methoxy groups -OCH3 is 1. The molecule has 5 rings (SSSR count). The fraction of sp³-hybridized carbons (Fsp3) is 0.393. The number of aromatic nitrogens is 1. The van der Waals surface area contributed by atoms with E-state index in [1.54, 1.807) is 12.5 Å². The molecule has 0 spiro atoms. The molecule has 2 aromatic carbocycles. The van der Waals surface area contributed by atoms with Gasteiger partial charge >= 0.3 is 0 Å². The van der Waals surface area contributed by atoms with Crippen molar-refractivity contribution in [1.29, 1.82) is 0 Å². The van der Waals surface area contributed by atoms with Crippen LogP contribution in [0.15, 0.2) is 47.8 Å². The van der Waals surface area contributed by atoms with Crippen LogP contribution in [0.2, 0.25) is 0 Å². The number of carbonyl (C=O) groups excluding carboxylic acids is 2. The minimum absolute atomic E-state index is 0.118. The predicted molar refractivity (Wildman–Crippen MR) is 138 cm³/mol. The van der Waals surface area contributed by atoms with Crippen LogP contribution < -0.4 is 10.1 Å². The summed E-state index contributed by atoms with van der Waals surface area (Å²) in [5, 5.41) is 5.24. The molecule has 1 N–H and O–H groups in total. The summed E-state index contributed by atoms with van der Waals surface area (Å²) in [5.74, 6) is 0.944. The van der Waals surface area contributed by atoms with Crippen LogP contribution in [0.4, 0.5) is 0 Å². The molecule has 3 aromatic rings. The van der Waals surface area contributed by atoms with Gasteiger partial charge in [-0.2, -0.15) is 0 Å². The van der Waals surface area contributed by atoms with E-state index in [4.69, 9.17) is 9.47 Å². The largest absolute Gasteiger partial charge is 0.486 e. The molecule has 1 aromatic heterocycles. The average Bonchev–Trinajstić information content (AvgIpc) is 3.63. The second-order valence-corrected chi connectivity index (χ2v) is 10.3. The summed E-state index contributed by atoms with van der Waals surface area (Å²) in [6.07, 6.45) is 2.82. The fourth-order valence-electron chi connectivity index (χ4n) is 4.67. The number of benzene rings is 2. The van der Waals surface area contributed by atoms with Crippen LogP contribution in [0.25, 0.3) is 0 Å². The number of aryl methyl sites for hydroxylation is 1. The average molecular weight is 506 g/mol. The van der Waals surface area contributed by atoms with Gasteiger partial charge in [0.1, 0.15) is 23.1 Å². The number of carbonyl (C=O) groups is 2. The Kier molecular flexibility index (Phi) is 7.34. The normalized spacial score (nSPS) is 16.9. The summed E-state index contributed by atoms with van der Waals surface area (Å²) < 4.78 is 11.1. The molecule has 8 heteroatoms. The van der Waals surface area contributed by atoms with Gasteiger partial charge in [-0.15, -0.1) is 11.3 Å². The molecule has 1 aliphatic carbocycles. The maximum atomic E-state index is 13.2. The van der Waals surface area contributed by atoms with E-state index in [1.165, 1.54) is 22.5 Å². The molecule has 2 heterocycles. The van der Waals surface area contributed by atoms with Crippen LogP contribution in [-0.4, -0.2) is 48.5 Å². The SMILES string of the molecule is COCCNC(=O)c1csc(COc2ccc3c(c2)C(c2cccc(C)c2)N(C(=O)C2CC2)CC3)n1. The number of hydrogen-bond donors (Lipinski definition) is 1. The third-order valence-corrected chi connectivity index (χ3v) is 7.47. The molecule has 1 unspecified atom stereocenters. The number of fused-ring (bicyclic) bond motifs is 1. The number of nitrogens with zero attached hydrogens (tertiary/aromatic N) is 2. The van der Waals surface area contributed by atoms with Crippen molar-refractivity contribution in [3.63, 3.8) is 0 Å². The lowest BCUT2D eigenvalue weighted by Gasteiger charge is -2.38. The van der Waals surface area contributed by atoms with Gasteiger partial charge in [0.2, 0.25) is 5.91 Å². The summed E-state index contributed by atoms with van der Waals surface area (Å²) in [5.41, 5.74) is 5.06. The van der Waals surface area contributed by atoms with Crippen molar-refractivity contribution in [3.05, 3.63) is 80.8 Å². The van der Waals surface area contributed by atoms with Crippen molar-refractivity contribution in [2.45, 2.75) is 38.8 Å². The maximum Gasteiger partial charge on any atom is 0.270 e. The Labute approximate surface area is 215 Å². The highest BCUT2D eigenvalue weighted by Crippen LogP contribution is 2.41. The predicted octanol–water partition coefficient (Wildman–Crippen LogP) is 4.29. The minimum Gasteiger partial charge on any atom is -0.486 e. The third-order valence-electron chi connectivity index (χ3n) is 6.65. The zero-order chi connectivity index (χ0) is 25.1. The van der Waals surface area contributed by atoms with Crippen LogP contribution in [0.5, 0.6) is 5.75 Å². The summed E-state index contributed by atoms with van der Waals surface area (Å²) in [6, 6.07) is 14.5. The molecule has 188 valence electrons. The monoisotopic (exact) mass is 505 g/mol. The first-order chi connectivity index (χ1) is 17.5. The number of nitrogens with one attached hydrogen (secondary N) is 1. The lowest BCUT2D eigenvalue weighted by molar-refractivity contribution is -0.134. The van der Waals surface area contributed by atoms with E-state index in [0.717, 1.165) is 47.7 Å². The van der Waals surface area contributed by atoms with Gasteiger partial charge in [0, 0.05) is 31.5 Å². The van der Waals surface area contributed by atoms with E-state index in [1.807, 2.05) is 6.07 Å². The topological polar surface area (TPSA) is 80.8 Å². The number of rotatable bonds is 9. The van der Waals surface area contributed by atoms with E-state index >= 15 is 0 Å². The highest BCUT2D eigenvalue weighted by atomic mass is 32.1. The fourth-order valence-corrected chi connectivity index (χ4v) is 5.35. The van der Waals surface area contributed by atoms with Crippen molar-refractivity contribution in [2.24, 2.45) is 5.92 Å². The van der Waals surface area contributed by atoms with Crippen molar-refractivity contribution in [2.75, 3.05) is 26.8 Å². The van der Waals surface area contributed by atoms with Crippen molar-refractivity contribution >= 4 is 23.2 Å². The summed E-state index contributed by atoms with van der Waals surface area (Å²) in [6.45, 7) is 3.98. The van der Waals surface area contributed by atoms with Gasteiger partial charge in [0.15, 0.2) is 0 Å². The first kappa shape index (κ1) is 24.5. The zero-order valence-electron chi connectivity index (χ0n) is 20.7. The van der Waals surface area contributed by atoms with Crippen LogP contribution in [0.1, 0.15) is 56.6 Å². The Morgan fingerprint density at radius 1 is 1.19 bits per heavy atom. The van der Waals surface area contributed by atoms with E-state index in [2.05, 4.69) is 58.5 Å². The number of thiazole rings is 1. The molecule has 0 saturated heterocycles. The lowest BCUT2D eigenvalue weighted by Crippen LogP contribution is -2.41. The number of hydrogen-bond acceptors (Lipinski definition) is 6. The second-order valence-electron chi connectivity index (χ2n) is 9.40. The van der Waals surface area contributed by atoms with Gasteiger partial charge in [-0.05, 0) is 55.0 Å². The summed E-state index contributed by atoms with van der Waals surface area (Å²) >= 11 is 1.40. The van der Waals surface area contributed by atoms with Gasteiger partial charge in [-0.3, -0.25) is 9.59 Å². The quantitative estimate of drug-likeness (QED) is 0.439. The van der Waals surface area contributed by atoms with Crippen LogP contribution in [0.3, 0.4) is 0 Å². The third kappa shape index (κ3) is 5.44. The molecule has 2 aliphatic rings. The van der Waals surface area contributed by atoms with E-state index in [0.29, 0.717) is 18.8 Å². The van der Waals surface area contributed by atoms with E-state index < -0.39 is 0 Å². The van der Waals surface area contributed by atoms with Crippen molar-refractivity contribution in [1.82, 2.24) is 15.2 Å². The molecule has 1 fully saturated rings. The first-order valence-electron chi connectivity index (χ1n) is 12.4. The van der Waals surface area contributed by atoms with E-state index in [9.17, 15) is 9.59 Å². The van der Waals surface area contributed by atoms with Crippen molar-refractivity contribution < 1.29 is 19.1 Å². The van der Waals surface area contributed by atoms with Gasteiger partial charge in [-0.25, -0.2) is 4.98 Å². The van der Waals surface area contributed by atoms with Gasteiger partial charge in [-0.1, -0.05) is 35.9 Å². The summed E-state index contributed by atoms with van der Waals surface area (Å²) in [4.78, 5) is 31.9. The number of ether oxygens (including phenoxy) is 2. The molecular formula is C28H31N3O4S. The number of amides is 2. The highest BCUT2D eigenvalue weighted by Gasteiger charge is 2.39. The molecule has 1 atom stereocenters. The van der Waals surface area contributed by atoms with Crippen molar-refractivity contribution in [3.8, 4) is 5.75 Å². The van der Waals surface area contributed by atoms with Gasteiger partial charge in [0.05, 0.1) is 12.6 Å². The van der Waals surface area contributed by atoms with Gasteiger partial charge < -0.3 is 19.7 Å². The molecule has 7 nitrogen and oxygen atoms in total. The molecule has 1 saturated carbocycles. The highest BCUT2D eigenvalue weighted by molar-refractivity contribution is 7.09. The molecule has 1 aliphatic heterocycles. The molecule has 36 heavy (non-hydrogen) atoms. The lowest BCUT2D eigenvalue weighted by atomic mass is 9.87. The first-order valence-corrected chi connectivity index (χ1v) is 13.3. The Hall–Kier alpha value is -3.23. The second kappa shape index (κ2) is 10.8. The van der Waals surface area contributed by atoms with Crippen LogP contribution >= 0.6 is 11.3 Å². The minimum atomic E-state index is -0.218. The standard InChI is InChI=1S/C28H31N3O4S/c1-18-4-3-5-21(14-18)26-23-15-22(9-8-19(23)10-12-31(26)28(33)20-6-7-20)35-16-25-30-24(17-36-25)27(32)29-11-13-34-2/h3-5,8-9,14-15,17,20,26H,6-7,10-13,16H2,1-2H3,(H,29,32). The Morgan fingerprint density at radius 2 is 2.06 bits per heavy atom. The molecule has 0 radical (unpaired) electrons. The molecular weight excluding hydrogens is 474 g/mol. The van der Waals surface area contributed by atoms with Crippen LogP contribution in [-0.2, 0) is 22.6 Å². The zero-order valence-corrected chi connectivity index (χ0v) is 21.5. The molecule has 0 bridgehead atoms. The molecule has 2 amide bonds. The van der Waals surface area contributed by atoms with Crippen LogP contribution in [0, 0.1) is 12.8 Å². The Morgan fingerprint density at radius 3 is 2.83 bits per heavy atom.